The van der Waals surface area contributed by atoms with Gasteiger partial charge in [0, 0.05) is 0 Å². The predicted molar refractivity (Wildman–Crippen MR) is 85.6 cm³/mol. The lowest BCUT2D eigenvalue weighted by atomic mass is 10.1. The standard InChI is InChI=1S/C16H15ClN2O3/c1-22-13-5-2-11(3-6-13)9-16(21)19-18-10-12-4-7-15(20)14(17)8-12/h2-8,10,20H,9H2,1H3,(H,19,21)/b18-10-. The van der Waals surface area contributed by atoms with Crippen LogP contribution in [0.5, 0.6) is 11.5 Å². The van der Waals surface area contributed by atoms with Gasteiger partial charge in [0.2, 0.25) is 5.91 Å². The Kier molecular flexibility index (Phi) is 5.38. The van der Waals surface area contributed by atoms with E-state index in [1.54, 1.807) is 31.4 Å². The maximum Gasteiger partial charge on any atom is 0.244 e. The number of aromatic hydroxyl groups is 1. The molecule has 0 spiro atoms. The van der Waals surface area contributed by atoms with Crippen LogP contribution in [0.3, 0.4) is 0 Å². The molecule has 0 fully saturated rings. The lowest BCUT2D eigenvalue weighted by molar-refractivity contribution is -0.120. The molecule has 0 aliphatic carbocycles. The van der Waals surface area contributed by atoms with Crippen molar-refractivity contribution in [2.45, 2.75) is 6.42 Å². The minimum atomic E-state index is -0.230. The van der Waals surface area contributed by atoms with Crippen molar-refractivity contribution >= 4 is 23.7 Å². The molecule has 114 valence electrons. The van der Waals surface area contributed by atoms with Crippen LogP contribution in [0.1, 0.15) is 11.1 Å². The van der Waals surface area contributed by atoms with Crippen LogP contribution in [-0.2, 0) is 11.2 Å². The highest BCUT2D eigenvalue weighted by Crippen LogP contribution is 2.22. The summed E-state index contributed by atoms with van der Waals surface area (Å²) in [6.45, 7) is 0. The molecule has 0 aliphatic heterocycles. The Morgan fingerprint density at radius 1 is 1.32 bits per heavy atom. The number of hydrogen-bond donors (Lipinski definition) is 2. The van der Waals surface area contributed by atoms with Gasteiger partial charge in [-0.3, -0.25) is 4.79 Å². The van der Waals surface area contributed by atoms with Gasteiger partial charge in [0.1, 0.15) is 11.5 Å². The number of benzene rings is 2. The van der Waals surface area contributed by atoms with Crippen LogP contribution in [0, 0.1) is 0 Å². The van der Waals surface area contributed by atoms with E-state index < -0.39 is 0 Å². The zero-order valence-electron chi connectivity index (χ0n) is 11.9. The number of nitrogens with one attached hydrogen (secondary N) is 1. The van der Waals surface area contributed by atoms with Gasteiger partial charge in [0.25, 0.3) is 0 Å². The fourth-order valence-corrected chi connectivity index (χ4v) is 1.94. The molecule has 2 aromatic carbocycles. The normalized spacial score (nSPS) is 10.6. The predicted octanol–water partition coefficient (Wildman–Crippen LogP) is 2.75. The first kappa shape index (κ1) is 15.9. The second-order valence-corrected chi connectivity index (χ2v) is 4.94. The molecule has 1 amide bonds. The number of rotatable bonds is 5. The number of ether oxygens (including phenoxy) is 1. The van der Waals surface area contributed by atoms with E-state index >= 15 is 0 Å². The van der Waals surface area contributed by atoms with Crippen molar-refractivity contribution in [3.63, 3.8) is 0 Å². The molecule has 6 heteroatoms. The Morgan fingerprint density at radius 3 is 2.68 bits per heavy atom. The molecule has 0 unspecified atom stereocenters. The molecule has 2 rings (SSSR count). The summed E-state index contributed by atoms with van der Waals surface area (Å²) in [5.41, 5.74) is 3.97. The summed E-state index contributed by atoms with van der Waals surface area (Å²) in [6.07, 6.45) is 1.68. The molecular formula is C16H15ClN2O3. The van der Waals surface area contributed by atoms with E-state index in [4.69, 9.17) is 16.3 Å². The Bertz CT molecular complexity index is 684. The van der Waals surface area contributed by atoms with Crippen molar-refractivity contribution in [1.82, 2.24) is 5.43 Å². The number of hydrogen-bond acceptors (Lipinski definition) is 4. The number of hydrazone groups is 1. The Morgan fingerprint density at radius 2 is 2.05 bits per heavy atom. The maximum atomic E-state index is 11.8. The summed E-state index contributed by atoms with van der Waals surface area (Å²) in [5.74, 6) is 0.514. The van der Waals surface area contributed by atoms with Gasteiger partial charge in [-0.1, -0.05) is 23.7 Å². The number of carbonyl (C=O) groups is 1. The van der Waals surface area contributed by atoms with Crippen LogP contribution in [0.2, 0.25) is 5.02 Å². The molecule has 0 atom stereocenters. The van der Waals surface area contributed by atoms with Crippen molar-refractivity contribution in [2.24, 2.45) is 5.10 Å². The lowest BCUT2D eigenvalue weighted by Gasteiger charge is -2.03. The first-order chi connectivity index (χ1) is 10.6. The van der Waals surface area contributed by atoms with Gasteiger partial charge in [0.05, 0.1) is 24.8 Å². The van der Waals surface area contributed by atoms with Gasteiger partial charge in [-0.05, 0) is 41.5 Å². The molecule has 2 N–H and O–H groups in total. The van der Waals surface area contributed by atoms with E-state index in [9.17, 15) is 9.90 Å². The summed E-state index contributed by atoms with van der Waals surface area (Å²) in [6, 6.07) is 11.9. The molecule has 2 aromatic rings. The van der Waals surface area contributed by atoms with Crippen LogP contribution in [0.4, 0.5) is 0 Å². The third kappa shape index (κ3) is 4.49. The fraction of sp³-hybridized carbons (Fsp3) is 0.125. The van der Waals surface area contributed by atoms with Gasteiger partial charge in [-0.2, -0.15) is 5.10 Å². The van der Waals surface area contributed by atoms with Gasteiger partial charge < -0.3 is 9.84 Å². The molecule has 0 aliphatic rings. The third-order valence-electron chi connectivity index (χ3n) is 2.90. The molecule has 0 saturated heterocycles. The number of halogens is 1. The zero-order valence-corrected chi connectivity index (χ0v) is 12.7. The summed E-state index contributed by atoms with van der Waals surface area (Å²) in [4.78, 5) is 11.8. The van der Waals surface area contributed by atoms with Gasteiger partial charge in [-0.25, -0.2) is 5.43 Å². The topological polar surface area (TPSA) is 70.9 Å². The molecule has 0 aromatic heterocycles. The largest absolute Gasteiger partial charge is 0.506 e. The molecule has 5 nitrogen and oxygen atoms in total. The number of nitrogens with zero attached hydrogens (tertiary/aromatic N) is 1. The monoisotopic (exact) mass is 318 g/mol. The summed E-state index contributed by atoms with van der Waals surface area (Å²) < 4.78 is 5.05. The average molecular weight is 319 g/mol. The van der Waals surface area contributed by atoms with Crippen LogP contribution in [0.15, 0.2) is 47.6 Å². The minimum absolute atomic E-state index is 0.00218. The Labute approximate surface area is 133 Å². The van der Waals surface area contributed by atoms with Crippen LogP contribution in [0.25, 0.3) is 0 Å². The third-order valence-corrected chi connectivity index (χ3v) is 3.20. The van der Waals surface area contributed by atoms with E-state index in [0.29, 0.717) is 5.56 Å². The molecular weight excluding hydrogens is 304 g/mol. The van der Waals surface area contributed by atoms with Crippen LogP contribution < -0.4 is 10.2 Å². The van der Waals surface area contributed by atoms with Gasteiger partial charge in [-0.15, -0.1) is 0 Å². The smallest absolute Gasteiger partial charge is 0.244 e. The van der Waals surface area contributed by atoms with Crippen LogP contribution in [-0.4, -0.2) is 24.3 Å². The van der Waals surface area contributed by atoms with E-state index in [1.165, 1.54) is 12.3 Å². The Balaban J connectivity index is 1.88. The fourth-order valence-electron chi connectivity index (χ4n) is 1.75. The SMILES string of the molecule is COc1ccc(CC(=O)N/N=C\c2ccc(O)c(Cl)c2)cc1. The second-order valence-electron chi connectivity index (χ2n) is 4.53. The number of carbonyl (C=O) groups excluding carboxylic acids is 1. The van der Waals surface area contributed by atoms with Gasteiger partial charge in [0.15, 0.2) is 0 Å². The van der Waals surface area contributed by atoms with E-state index in [1.807, 2.05) is 12.1 Å². The lowest BCUT2D eigenvalue weighted by Crippen LogP contribution is -2.19. The number of phenols is 1. The van der Waals surface area contributed by atoms with Crippen molar-refractivity contribution in [3.8, 4) is 11.5 Å². The van der Waals surface area contributed by atoms with Crippen LogP contribution >= 0.6 is 11.6 Å². The summed E-state index contributed by atoms with van der Waals surface area (Å²) >= 11 is 5.78. The summed E-state index contributed by atoms with van der Waals surface area (Å²) in [7, 11) is 1.59. The molecule has 0 bridgehead atoms. The first-order valence-corrected chi connectivity index (χ1v) is 6.89. The van der Waals surface area contributed by atoms with Crippen molar-refractivity contribution in [1.29, 1.82) is 0 Å². The minimum Gasteiger partial charge on any atom is -0.506 e. The molecule has 0 radical (unpaired) electrons. The van der Waals surface area contributed by atoms with E-state index in [0.717, 1.165) is 11.3 Å². The zero-order chi connectivity index (χ0) is 15.9. The van der Waals surface area contributed by atoms with E-state index in [-0.39, 0.29) is 23.1 Å². The molecule has 0 saturated carbocycles. The number of phenolic OH excluding ortho intramolecular Hbond substituents is 1. The summed E-state index contributed by atoms with van der Waals surface area (Å²) in [5, 5.41) is 13.4. The number of methoxy groups -OCH3 is 1. The maximum absolute atomic E-state index is 11.8. The highest BCUT2D eigenvalue weighted by molar-refractivity contribution is 6.32. The highest BCUT2D eigenvalue weighted by atomic mass is 35.5. The molecule has 0 heterocycles. The average Bonchev–Trinajstić information content (AvgIpc) is 2.51. The van der Waals surface area contributed by atoms with E-state index in [2.05, 4.69) is 10.5 Å². The van der Waals surface area contributed by atoms with Gasteiger partial charge >= 0.3 is 0 Å². The second kappa shape index (κ2) is 7.47. The van der Waals surface area contributed by atoms with Crippen molar-refractivity contribution < 1.29 is 14.6 Å². The first-order valence-electron chi connectivity index (χ1n) is 6.52. The quantitative estimate of drug-likeness (QED) is 0.658. The highest BCUT2D eigenvalue weighted by Gasteiger charge is 2.02. The van der Waals surface area contributed by atoms with Crippen molar-refractivity contribution in [2.75, 3.05) is 7.11 Å². The molecule has 22 heavy (non-hydrogen) atoms. The van der Waals surface area contributed by atoms with Crippen molar-refractivity contribution in [3.05, 3.63) is 58.6 Å². The number of amides is 1. The Hall–Kier alpha value is -2.53.